The summed E-state index contributed by atoms with van der Waals surface area (Å²) in [4.78, 5) is 10.5. The number of aliphatic hydroxyl groups is 1. The van der Waals surface area contributed by atoms with Crippen molar-refractivity contribution >= 4 is 5.97 Å². The van der Waals surface area contributed by atoms with E-state index in [1.54, 1.807) is 0 Å². The third-order valence-electron chi connectivity index (χ3n) is 2.96. The van der Waals surface area contributed by atoms with Crippen LogP contribution in [0.1, 0.15) is 31.2 Å². The molecule has 94 valence electrons. The van der Waals surface area contributed by atoms with E-state index in [0.29, 0.717) is 0 Å². The summed E-state index contributed by atoms with van der Waals surface area (Å²) in [6, 6.07) is 9.07. The van der Waals surface area contributed by atoms with Gasteiger partial charge in [-0.3, -0.25) is 4.79 Å². The summed E-state index contributed by atoms with van der Waals surface area (Å²) < 4.78 is 0. The number of benzene rings is 1. The van der Waals surface area contributed by atoms with Crippen molar-refractivity contribution < 1.29 is 15.0 Å². The average Bonchev–Trinajstić information content (AvgIpc) is 2.30. The highest BCUT2D eigenvalue weighted by Gasteiger charge is 2.26. The van der Waals surface area contributed by atoms with E-state index in [9.17, 15) is 9.90 Å². The fraction of sp³-hybridized carbons (Fsp3) is 0.462. The minimum Gasteiger partial charge on any atom is -0.481 e. The minimum atomic E-state index is -1.03. The lowest BCUT2D eigenvalue weighted by molar-refractivity contribution is -0.139. The first kappa shape index (κ1) is 13.7. The van der Waals surface area contributed by atoms with Crippen molar-refractivity contribution in [2.75, 3.05) is 0 Å². The lowest BCUT2D eigenvalue weighted by Crippen LogP contribution is -2.41. The summed E-state index contributed by atoms with van der Waals surface area (Å²) in [5.74, 6) is -1.05. The SMILES string of the molecule is CCC(c1ccccc1)[C@H](N)[C@@H](O)CC(=O)O. The third kappa shape index (κ3) is 3.84. The zero-order valence-electron chi connectivity index (χ0n) is 9.91. The molecule has 4 nitrogen and oxygen atoms in total. The van der Waals surface area contributed by atoms with E-state index in [1.165, 1.54) is 0 Å². The normalized spacial score (nSPS) is 16.2. The quantitative estimate of drug-likeness (QED) is 0.697. The fourth-order valence-electron chi connectivity index (χ4n) is 2.01. The van der Waals surface area contributed by atoms with Crippen molar-refractivity contribution in [1.82, 2.24) is 0 Å². The second-order valence-electron chi connectivity index (χ2n) is 4.17. The van der Waals surface area contributed by atoms with Crippen LogP contribution in [0.5, 0.6) is 0 Å². The zero-order chi connectivity index (χ0) is 12.8. The molecule has 17 heavy (non-hydrogen) atoms. The second-order valence-corrected chi connectivity index (χ2v) is 4.17. The molecule has 0 bridgehead atoms. The number of hydrogen-bond acceptors (Lipinski definition) is 3. The van der Waals surface area contributed by atoms with Gasteiger partial charge in [-0.25, -0.2) is 0 Å². The topological polar surface area (TPSA) is 83.5 Å². The van der Waals surface area contributed by atoms with Crippen LogP contribution >= 0.6 is 0 Å². The van der Waals surface area contributed by atoms with Crippen LogP contribution in [0, 0.1) is 0 Å². The Bertz CT molecular complexity index is 353. The van der Waals surface area contributed by atoms with Gasteiger partial charge in [0.2, 0.25) is 0 Å². The van der Waals surface area contributed by atoms with E-state index < -0.39 is 18.1 Å². The molecule has 1 aromatic carbocycles. The van der Waals surface area contributed by atoms with Crippen LogP contribution in [0.3, 0.4) is 0 Å². The van der Waals surface area contributed by atoms with Gasteiger partial charge in [-0.05, 0) is 12.0 Å². The van der Waals surface area contributed by atoms with Gasteiger partial charge in [0.05, 0.1) is 12.5 Å². The lowest BCUT2D eigenvalue weighted by Gasteiger charge is -2.26. The molecule has 0 fully saturated rings. The number of carboxylic acid groups (broad SMARTS) is 1. The first-order valence-corrected chi connectivity index (χ1v) is 5.76. The molecular formula is C13H19NO3. The van der Waals surface area contributed by atoms with Gasteiger partial charge in [0.1, 0.15) is 0 Å². The van der Waals surface area contributed by atoms with E-state index in [2.05, 4.69) is 0 Å². The van der Waals surface area contributed by atoms with E-state index in [4.69, 9.17) is 10.8 Å². The minimum absolute atomic E-state index is 0.0226. The maximum atomic E-state index is 10.5. The van der Waals surface area contributed by atoms with Crippen molar-refractivity contribution in [3.8, 4) is 0 Å². The van der Waals surface area contributed by atoms with Crippen LogP contribution in [0.25, 0.3) is 0 Å². The van der Waals surface area contributed by atoms with Gasteiger partial charge >= 0.3 is 5.97 Å². The molecule has 0 saturated carbocycles. The van der Waals surface area contributed by atoms with Gasteiger partial charge in [-0.15, -0.1) is 0 Å². The molecule has 0 aromatic heterocycles. The van der Waals surface area contributed by atoms with Crippen LogP contribution < -0.4 is 5.73 Å². The Morgan fingerprint density at radius 2 is 1.94 bits per heavy atom. The first-order chi connectivity index (χ1) is 8.06. The Morgan fingerprint density at radius 3 is 2.41 bits per heavy atom. The second kappa shape index (κ2) is 6.37. The van der Waals surface area contributed by atoms with Crippen molar-refractivity contribution in [2.45, 2.75) is 37.8 Å². The summed E-state index contributed by atoms with van der Waals surface area (Å²) in [5, 5.41) is 18.4. The highest BCUT2D eigenvalue weighted by Crippen LogP contribution is 2.24. The molecule has 0 saturated heterocycles. The number of carbonyl (C=O) groups is 1. The van der Waals surface area contributed by atoms with Crippen LogP contribution in [0.2, 0.25) is 0 Å². The molecule has 1 rings (SSSR count). The first-order valence-electron chi connectivity index (χ1n) is 5.76. The van der Waals surface area contributed by atoms with Crippen molar-refractivity contribution in [1.29, 1.82) is 0 Å². The van der Waals surface area contributed by atoms with Gasteiger partial charge in [0, 0.05) is 12.0 Å². The summed E-state index contributed by atoms with van der Waals surface area (Å²) in [7, 11) is 0. The molecule has 0 aliphatic heterocycles. The molecular weight excluding hydrogens is 218 g/mol. The van der Waals surface area contributed by atoms with Crippen molar-refractivity contribution in [2.24, 2.45) is 5.73 Å². The standard InChI is InChI=1S/C13H19NO3/c1-2-10(9-6-4-3-5-7-9)13(14)11(15)8-12(16)17/h3-7,10-11,13,15H,2,8,14H2,1H3,(H,16,17)/t10?,11-,13-/m0/s1. The average molecular weight is 237 g/mol. The number of aliphatic carboxylic acids is 1. The van der Waals surface area contributed by atoms with Crippen LogP contribution in [0.4, 0.5) is 0 Å². The number of hydrogen-bond donors (Lipinski definition) is 3. The number of nitrogens with two attached hydrogens (primary N) is 1. The lowest BCUT2D eigenvalue weighted by atomic mass is 9.86. The Labute approximate surface area is 101 Å². The van der Waals surface area contributed by atoms with Crippen LogP contribution in [0.15, 0.2) is 30.3 Å². The molecule has 0 amide bonds. The van der Waals surface area contributed by atoms with Crippen molar-refractivity contribution in [3.63, 3.8) is 0 Å². The number of rotatable bonds is 6. The van der Waals surface area contributed by atoms with E-state index in [-0.39, 0.29) is 12.3 Å². The molecule has 0 aliphatic carbocycles. The fourth-order valence-corrected chi connectivity index (χ4v) is 2.01. The third-order valence-corrected chi connectivity index (χ3v) is 2.96. The Kier molecular flexibility index (Phi) is 5.12. The Balaban J connectivity index is 2.77. The number of aliphatic hydroxyl groups excluding tert-OH is 1. The van der Waals surface area contributed by atoms with Gasteiger partial charge in [0.15, 0.2) is 0 Å². The highest BCUT2D eigenvalue weighted by atomic mass is 16.4. The molecule has 0 radical (unpaired) electrons. The predicted octanol–water partition coefficient (Wildman–Crippen LogP) is 1.34. The molecule has 1 aromatic rings. The molecule has 1 unspecified atom stereocenters. The van der Waals surface area contributed by atoms with Crippen molar-refractivity contribution in [3.05, 3.63) is 35.9 Å². The highest BCUT2D eigenvalue weighted by molar-refractivity contribution is 5.67. The Hall–Kier alpha value is -1.39. The number of carboxylic acids is 1. The monoisotopic (exact) mass is 237 g/mol. The van der Waals surface area contributed by atoms with Gasteiger partial charge in [-0.1, -0.05) is 37.3 Å². The smallest absolute Gasteiger partial charge is 0.306 e. The Morgan fingerprint density at radius 1 is 1.35 bits per heavy atom. The zero-order valence-corrected chi connectivity index (χ0v) is 9.91. The maximum Gasteiger partial charge on any atom is 0.306 e. The summed E-state index contributed by atoms with van der Waals surface area (Å²) >= 11 is 0. The van der Waals surface area contributed by atoms with Gasteiger partial charge in [-0.2, -0.15) is 0 Å². The molecule has 0 heterocycles. The summed E-state index contributed by atoms with van der Waals surface area (Å²) in [6.45, 7) is 1.98. The van der Waals surface area contributed by atoms with E-state index >= 15 is 0 Å². The molecule has 4 N–H and O–H groups in total. The largest absolute Gasteiger partial charge is 0.481 e. The molecule has 3 atom stereocenters. The molecule has 0 aliphatic rings. The molecule has 0 spiro atoms. The summed E-state index contributed by atoms with van der Waals surface area (Å²) in [5.41, 5.74) is 6.97. The van der Waals surface area contributed by atoms with Gasteiger partial charge in [0.25, 0.3) is 0 Å². The van der Waals surface area contributed by atoms with Gasteiger partial charge < -0.3 is 15.9 Å². The van der Waals surface area contributed by atoms with Crippen LogP contribution in [-0.2, 0) is 4.79 Å². The summed E-state index contributed by atoms with van der Waals surface area (Å²) in [6.07, 6.45) is -0.565. The van der Waals surface area contributed by atoms with E-state index in [0.717, 1.165) is 12.0 Å². The van der Waals surface area contributed by atoms with Crippen LogP contribution in [-0.4, -0.2) is 28.3 Å². The maximum absolute atomic E-state index is 10.5. The molecule has 4 heteroatoms. The predicted molar refractivity (Wildman–Crippen MR) is 65.7 cm³/mol. The van der Waals surface area contributed by atoms with E-state index in [1.807, 2.05) is 37.3 Å².